The van der Waals surface area contributed by atoms with Crippen molar-refractivity contribution in [3.63, 3.8) is 0 Å². The first-order chi connectivity index (χ1) is 9.72. The fourth-order valence-electron chi connectivity index (χ4n) is 2.54. The second kappa shape index (κ2) is 6.13. The Kier molecular flexibility index (Phi) is 4.25. The lowest BCUT2D eigenvalue weighted by Gasteiger charge is -2.25. The van der Waals surface area contributed by atoms with E-state index in [1.807, 2.05) is 6.20 Å². The number of anilines is 1. The zero-order valence-corrected chi connectivity index (χ0v) is 12.8. The Morgan fingerprint density at radius 3 is 2.75 bits per heavy atom. The largest absolute Gasteiger partial charge is 0.354 e. The molecule has 1 aromatic heterocycles. The van der Waals surface area contributed by atoms with Crippen molar-refractivity contribution in [1.82, 2.24) is 10.3 Å². The molecule has 3 nitrogen and oxygen atoms in total. The van der Waals surface area contributed by atoms with Crippen molar-refractivity contribution in [2.45, 2.75) is 64.6 Å². The van der Waals surface area contributed by atoms with Crippen LogP contribution in [0.25, 0.3) is 0 Å². The lowest BCUT2D eigenvalue weighted by Crippen LogP contribution is -2.28. The van der Waals surface area contributed by atoms with E-state index in [9.17, 15) is 0 Å². The zero-order valence-electron chi connectivity index (χ0n) is 12.8. The summed E-state index contributed by atoms with van der Waals surface area (Å²) in [5.74, 6) is 1.94. The molecule has 0 aliphatic heterocycles. The average Bonchev–Trinajstić information content (AvgIpc) is 3.30. The van der Waals surface area contributed by atoms with Crippen LogP contribution in [0.15, 0.2) is 18.3 Å². The number of hydrogen-bond donors (Lipinski definition) is 1. The molecule has 3 heteroatoms. The number of rotatable bonds is 8. The Labute approximate surface area is 122 Å². The summed E-state index contributed by atoms with van der Waals surface area (Å²) in [5.41, 5.74) is 1.37. The van der Waals surface area contributed by atoms with Gasteiger partial charge >= 0.3 is 0 Å². The van der Waals surface area contributed by atoms with Gasteiger partial charge in [0.2, 0.25) is 0 Å². The summed E-state index contributed by atoms with van der Waals surface area (Å²) < 4.78 is 0. The SMILES string of the molecule is CC(C)CCN(c1cc(CNC2CC2)ccn1)C1CC1. The van der Waals surface area contributed by atoms with Gasteiger partial charge in [-0.05, 0) is 55.7 Å². The van der Waals surface area contributed by atoms with E-state index in [1.54, 1.807) is 0 Å². The molecule has 1 heterocycles. The van der Waals surface area contributed by atoms with Gasteiger partial charge in [0.1, 0.15) is 5.82 Å². The van der Waals surface area contributed by atoms with E-state index in [4.69, 9.17) is 0 Å². The lowest BCUT2D eigenvalue weighted by molar-refractivity contribution is 0.568. The molecule has 2 fully saturated rings. The number of pyridine rings is 1. The maximum absolute atomic E-state index is 4.62. The van der Waals surface area contributed by atoms with Crippen LogP contribution in [0, 0.1) is 5.92 Å². The summed E-state index contributed by atoms with van der Waals surface area (Å²) in [6.45, 7) is 6.74. The minimum Gasteiger partial charge on any atom is -0.354 e. The molecular formula is C17H27N3. The number of nitrogens with zero attached hydrogens (tertiary/aromatic N) is 2. The van der Waals surface area contributed by atoms with Crippen molar-refractivity contribution in [2.24, 2.45) is 5.92 Å². The predicted octanol–water partition coefficient (Wildman–Crippen LogP) is 3.35. The summed E-state index contributed by atoms with van der Waals surface area (Å²) in [5, 5.41) is 3.59. The standard InChI is InChI=1S/C17H27N3/c1-13(2)8-10-20(16-5-6-16)17-11-14(7-9-18-17)12-19-15-3-4-15/h7,9,11,13,15-16,19H,3-6,8,10,12H2,1-2H3. The molecule has 3 rings (SSSR count). The molecule has 0 bridgehead atoms. The van der Waals surface area contributed by atoms with Crippen LogP contribution in [-0.2, 0) is 6.54 Å². The molecule has 110 valence electrons. The number of hydrogen-bond acceptors (Lipinski definition) is 3. The Bertz CT molecular complexity index is 436. The van der Waals surface area contributed by atoms with Crippen LogP contribution in [0.3, 0.4) is 0 Å². The Balaban J connectivity index is 1.64. The summed E-state index contributed by atoms with van der Waals surface area (Å²) in [6.07, 6.45) is 8.60. The van der Waals surface area contributed by atoms with Crippen LogP contribution in [-0.4, -0.2) is 23.6 Å². The highest BCUT2D eigenvalue weighted by atomic mass is 15.2. The van der Waals surface area contributed by atoms with Gasteiger partial charge in [-0.3, -0.25) is 0 Å². The van der Waals surface area contributed by atoms with Gasteiger partial charge in [0.25, 0.3) is 0 Å². The average molecular weight is 273 g/mol. The zero-order chi connectivity index (χ0) is 13.9. The number of nitrogens with one attached hydrogen (secondary N) is 1. The van der Waals surface area contributed by atoms with E-state index < -0.39 is 0 Å². The van der Waals surface area contributed by atoms with Gasteiger partial charge in [-0.1, -0.05) is 13.8 Å². The van der Waals surface area contributed by atoms with Gasteiger partial charge in [-0.2, -0.15) is 0 Å². The second-order valence-electron chi connectivity index (χ2n) is 6.78. The first kappa shape index (κ1) is 13.9. The number of aromatic nitrogens is 1. The molecule has 0 radical (unpaired) electrons. The molecule has 0 aromatic carbocycles. The second-order valence-corrected chi connectivity index (χ2v) is 6.78. The summed E-state index contributed by atoms with van der Waals surface area (Å²) in [6, 6.07) is 5.94. The van der Waals surface area contributed by atoms with Crippen LogP contribution in [0.2, 0.25) is 0 Å². The quantitative estimate of drug-likeness (QED) is 0.787. The first-order valence-electron chi connectivity index (χ1n) is 8.17. The molecule has 2 saturated carbocycles. The van der Waals surface area contributed by atoms with Crippen LogP contribution >= 0.6 is 0 Å². The molecule has 2 aliphatic carbocycles. The lowest BCUT2D eigenvalue weighted by atomic mass is 10.1. The van der Waals surface area contributed by atoms with Crippen molar-refractivity contribution in [2.75, 3.05) is 11.4 Å². The van der Waals surface area contributed by atoms with E-state index in [-0.39, 0.29) is 0 Å². The molecule has 0 atom stereocenters. The summed E-state index contributed by atoms with van der Waals surface area (Å²) in [4.78, 5) is 7.15. The van der Waals surface area contributed by atoms with Gasteiger partial charge in [-0.25, -0.2) is 4.98 Å². The molecule has 0 amide bonds. The Hall–Kier alpha value is -1.09. The molecule has 0 saturated heterocycles. The Morgan fingerprint density at radius 2 is 2.10 bits per heavy atom. The molecule has 0 spiro atoms. The van der Waals surface area contributed by atoms with Crippen molar-refractivity contribution in [1.29, 1.82) is 0 Å². The maximum atomic E-state index is 4.62. The molecule has 1 N–H and O–H groups in total. The molecule has 0 unspecified atom stereocenters. The van der Waals surface area contributed by atoms with Crippen LogP contribution in [0.5, 0.6) is 0 Å². The van der Waals surface area contributed by atoms with E-state index in [2.05, 4.69) is 41.2 Å². The highest BCUT2D eigenvalue weighted by Crippen LogP contribution is 2.31. The molecule has 20 heavy (non-hydrogen) atoms. The van der Waals surface area contributed by atoms with E-state index in [0.29, 0.717) is 0 Å². The third kappa shape index (κ3) is 3.95. The highest BCUT2D eigenvalue weighted by Gasteiger charge is 2.30. The van der Waals surface area contributed by atoms with Crippen LogP contribution in [0.4, 0.5) is 5.82 Å². The molecular weight excluding hydrogens is 246 g/mol. The minimum absolute atomic E-state index is 0.743. The van der Waals surface area contributed by atoms with Crippen molar-refractivity contribution in [3.05, 3.63) is 23.9 Å². The fraction of sp³-hybridized carbons (Fsp3) is 0.706. The minimum atomic E-state index is 0.743. The van der Waals surface area contributed by atoms with E-state index in [1.165, 1.54) is 43.5 Å². The van der Waals surface area contributed by atoms with Gasteiger partial charge in [0.05, 0.1) is 0 Å². The van der Waals surface area contributed by atoms with Gasteiger partial charge in [0.15, 0.2) is 0 Å². The van der Waals surface area contributed by atoms with Crippen LogP contribution in [0.1, 0.15) is 51.5 Å². The van der Waals surface area contributed by atoms with Gasteiger partial charge in [-0.15, -0.1) is 0 Å². The predicted molar refractivity (Wildman–Crippen MR) is 83.9 cm³/mol. The van der Waals surface area contributed by atoms with Crippen molar-refractivity contribution >= 4 is 5.82 Å². The molecule has 2 aliphatic rings. The first-order valence-corrected chi connectivity index (χ1v) is 8.17. The fourth-order valence-corrected chi connectivity index (χ4v) is 2.54. The molecule has 1 aromatic rings. The van der Waals surface area contributed by atoms with E-state index >= 15 is 0 Å². The third-order valence-corrected chi connectivity index (χ3v) is 4.21. The monoisotopic (exact) mass is 273 g/mol. The Morgan fingerprint density at radius 1 is 1.30 bits per heavy atom. The normalized spacial score (nSPS) is 18.6. The summed E-state index contributed by atoms with van der Waals surface area (Å²) in [7, 11) is 0. The van der Waals surface area contributed by atoms with E-state index in [0.717, 1.165) is 31.1 Å². The van der Waals surface area contributed by atoms with Crippen molar-refractivity contribution in [3.8, 4) is 0 Å². The topological polar surface area (TPSA) is 28.2 Å². The maximum Gasteiger partial charge on any atom is 0.129 e. The van der Waals surface area contributed by atoms with Gasteiger partial charge < -0.3 is 10.2 Å². The van der Waals surface area contributed by atoms with Crippen molar-refractivity contribution < 1.29 is 0 Å². The summed E-state index contributed by atoms with van der Waals surface area (Å²) >= 11 is 0. The van der Waals surface area contributed by atoms with Crippen LogP contribution < -0.4 is 10.2 Å². The smallest absolute Gasteiger partial charge is 0.129 e. The van der Waals surface area contributed by atoms with Gasteiger partial charge in [0, 0.05) is 31.4 Å². The third-order valence-electron chi connectivity index (χ3n) is 4.21. The highest BCUT2D eigenvalue weighted by molar-refractivity contribution is 5.43.